The maximum absolute atomic E-state index is 12.2. The van der Waals surface area contributed by atoms with E-state index in [1.807, 2.05) is 48.5 Å². The van der Waals surface area contributed by atoms with Gasteiger partial charge < -0.3 is 20.1 Å². The van der Waals surface area contributed by atoms with Crippen LogP contribution in [0.4, 0.5) is 11.6 Å². The number of anilines is 2. The Kier molecular flexibility index (Phi) is 7.75. The van der Waals surface area contributed by atoms with Gasteiger partial charge in [-0.3, -0.25) is 9.59 Å². The molecule has 32 heavy (non-hydrogen) atoms. The average Bonchev–Trinajstić information content (AvgIpc) is 2.82. The molecule has 0 saturated heterocycles. The summed E-state index contributed by atoms with van der Waals surface area (Å²) in [4.78, 5) is 28.6. The largest absolute Gasteiger partial charge is 0.497 e. The first-order valence-electron chi connectivity index (χ1n) is 9.79. The summed E-state index contributed by atoms with van der Waals surface area (Å²) < 4.78 is 10.2. The van der Waals surface area contributed by atoms with Crippen LogP contribution in [-0.4, -0.2) is 31.0 Å². The van der Waals surface area contributed by atoms with E-state index in [0.29, 0.717) is 11.6 Å². The van der Waals surface area contributed by atoms with E-state index in [9.17, 15) is 9.59 Å². The topological polar surface area (TPSA) is 89.6 Å². The molecule has 0 unspecified atom stereocenters. The zero-order valence-electron chi connectivity index (χ0n) is 17.7. The summed E-state index contributed by atoms with van der Waals surface area (Å²) in [5.41, 5.74) is 1.72. The summed E-state index contributed by atoms with van der Waals surface area (Å²) in [7, 11) is 3.19. The third-order valence-corrected chi connectivity index (χ3v) is 4.34. The molecule has 0 atom stereocenters. The number of methoxy groups -OCH3 is 2. The number of carbonyl (C=O) groups is 2. The number of amides is 2. The number of nitrogens with one attached hydrogen (secondary N) is 2. The van der Waals surface area contributed by atoms with Gasteiger partial charge in [0.2, 0.25) is 11.8 Å². The van der Waals surface area contributed by atoms with Crippen molar-refractivity contribution >= 4 is 35.6 Å². The minimum absolute atomic E-state index is 0.325. The fourth-order valence-electron chi connectivity index (χ4n) is 2.68. The molecule has 3 rings (SSSR count). The number of carbonyl (C=O) groups excluding carboxylic acids is 2. The number of pyridine rings is 1. The van der Waals surface area contributed by atoms with Gasteiger partial charge in [-0.05, 0) is 59.7 Å². The Morgan fingerprint density at radius 1 is 0.688 bits per heavy atom. The van der Waals surface area contributed by atoms with Gasteiger partial charge in [0.05, 0.1) is 14.2 Å². The predicted octanol–water partition coefficient (Wildman–Crippen LogP) is 4.40. The van der Waals surface area contributed by atoms with Gasteiger partial charge in [0.1, 0.15) is 23.1 Å². The number of hydrogen-bond acceptors (Lipinski definition) is 5. The van der Waals surface area contributed by atoms with Crippen molar-refractivity contribution in [2.24, 2.45) is 0 Å². The van der Waals surface area contributed by atoms with Crippen molar-refractivity contribution in [2.45, 2.75) is 0 Å². The highest BCUT2D eigenvalue weighted by Gasteiger charge is 2.04. The van der Waals surface area contributed by atoms with Crippen LogP contribution in [0.2, 0.25) is 0 Å². The van der Waals surface area contributed by atoms with Gasteiger partial charge in [-0.15, -0.1) is 0 Å². The van der Waals surface area contributed by atoms with Crippen molar-refractivity contribution < 1.29 is 19.1 Å². The quantitative estimate of drug-likeness (QED) is 0.518. The molecule has 0 radical (unpaired) electrons. The van der Waals surface area contributed by atoms with Gasteiger partial charge in [0, 0.05) is 12.2 Å². The first-order valence-corrected chi connectivity index (χ1v) is 9.79. The van der Waals surface area contributed by atoms with Crippen molar-refractivity contribution in [1.29, 1.82) is 0 Å². The van der Waals surface area contributed by atoms with Gasteiger partial charge in [-0.2, -0.15) is 0 Å². The van der Waals surface area contributed by atoms with Crippen LogP contribution in [-0.2, 0) is 9.59 Å². The van der Waals surface area contributed by atoms with Crippen molar-refractivity contribution in [3.8, 4) is 11.5 Å². The van der Waals surface area contributed by atoms with Crippen molar-refractivity contribution in [1.82, 2.24) is 4.98 Å². The number of ether oxygens (including phenoxy) is 2. The molecule has 1 heterocycles. The Bertz CT molecular complexity index is 1030. The van der Waals surface area contributed by atoms with Crippen molar-refractivity contribution in [2.75, 3.05) is 24.9 Å². The van der Waals surface area contributed by atoms with Crippen molar-refractivity contribution in [3.63, 3.8) is 0 Å². The lowest BCUT2D eigenvalue weighted by Crippen LogP contribution is -2.12. The van der Waals surface area contributed by atoms with Gasteiger partial charge in [0.15, 0.2) is 0 Å². The molecule has 0 aliphatic carbocycles. The molecule has 0 spiro atoms. The summed E-state index contributed by atoms with van der Waals surface area (Å²) >= 11 is 0. The van der Waals surface area contributed by atoms with Crippen LogP contribution >= 0.6 is 0 Å². The molecule has 0 aliphatic rings. The van der Waals surface area contributed by atoms with E-state index in [1.165, 1.54) is 12.2 Å². The maximum atomic E-state index is 12.2. The minimum Gasteiger partial charge on any atom is -0.497 e. The summed E-state index contributed by atoms with van der Waals surface area (Å²) in [5.74, 6) is 1.46. The van der Waals surface area contributed by atoms with Crippen molar-refractivity contribution in [3.05, 3.63) is 90.0 Å². The molecule has 0 fully saturated rings. The van der Waals surface area contributed by atoms with E-state index in [4.69, 9.17) is 9.47 Å². The highest BCUT2D eigenvalue weighted by atomic mass is 16.5. The zero-order chi connectivity index (χ0) is 22.8. The SMILES string of the molecule is COc1ccc(/C=C/C(=O)Nc2cccc(NC(=O)/C=C/c3ccc(OC)cc3)n2)cc1. The lowest BCUT2D eigenvalue weighted by molar-refractivity contribution is -0.112. The summed E-state index contributed by atoms with van der Waals surface area (Å²) in [6.45, 7) is 0. The fourth-order valence-corrected chi connectivity index (χ4v) is 2.68. The number of benzene rings is 2. The van der Waals surface area contributed by atoms with Crippen LogP contribution in [0.5, 0.6) is 11.5 Å². The Hall–Kier alpha value is -4.39. The highest BCUT2D eigenvalue weighted by molar-refractivity contribution is 6.03. The Morgan fingerprint density at radius 3 is 1.47 bits per heavy atom. The Labute approximate surface area is 186 Å². The van der Waals surface area contributed by atoms with Crippen LogP contribution in [0.1, 0.15) is 11.1 Å². The van der Waals surface area contributed by atoms with Crippen LogP contribution in [0.25, 0.3) is 12.2 Å². The van der Waals surface area contributed by atoms with E-state index < -0.39 is 0 Å². The van der Waals surface area contributed by atoms with Crippen LogP contribution in [0.3, 0.4) is 0 Å². The third-order valence-electron chi connectivity index (χ3n) is 4.34. The van der Waals surface area contributed by atoms with E-state index in [-0.39, 0.29) is 11.8 Å². The van der Waals surface area contributed by atoms with E-state index in [0.717, 1.165) is 22.6 Å². The lowest BCUT2D eigenvalue weighted by Gasteiger charge is -2.05. The second-order valence-electron chi connectivity index (χ2n) is 6.60. The third kappa shape index (κ3) is 6.84. The number of aromatic nitrogens is 1. The number of nitrogens with zero attached hydrogens (tertiary/aromatic N) is 1. The fraction of sp³-hybridized carbons (Fsp3) is 0.0800. The second-order valence-corrected chi connectivity index (χ2v) is 6.60. The zero-order valence-corrected chi connectivity index (χ0v) is 17.7. The molecule has 0 aliphatic heterocycles. The predicted molar refractivity (Wildman–Crippen MR) is 126 cm³/mol. The number of hydrogen-bond donors (Lipinski definition) is 2. The van der Waals surface area contributed by atoms with Crippen LogP contribution < -0.4 is 20.1 Å². The Balaban J connectivity index is 1.55. The van der Waals surface area contributed by atoms with E-state index >= 15 is 0 Å². The first-order chi connectivity index (χ1) is 15.6. The maximum Gasteiger partial charge on any atom is 0.249 e. The minimum atomic E-state index is -0.337. The molecular weight excluding hydrogens is 406 g/mol. The molecule has 7 nitrogen and oxygen atoms in total. The summed E-state index contributed by atoms with van der Waals surface area (Å²) in [6.07, 6.45) is 6.19. The van der Waals surface area contributed by atoms with Gasteiger partial charge in [-0.1, -0.05) is 30.3 Å². The molecule has 1 aromatic heterocycles. The molecule has 2 amide bonds. The first kappa shape index (κ1) is 22.3. The molecule has 2 N–H and O–H groups in total. The second kappa shape index (κ2) is 11.1. The molecule has 162 valence electrons. The lowest BCUT2D eigenvalue weighted by atomic mass is 10.2. The Morgan fingerprint density at radius 2 is 1.09 bits per heavy atom. The number of rotatable bonds is 8. The standard InChI is InChI=1S/C25H23N3O4/c1-31-20-12-6-18(7-13-20)10-16-24(29)27-22-4-3-5-23(26-22)28-25(30)17-11-19-8-14-21(32-2)15-9-19/h3-17H,1-2H3,(H2,26,27,28,29,30)/b16-10+,17-11+. The van der Waals surface area contributed by atoms with Gasteiger partial charge in [-0.25, -0.2) is 4.98 Å². The molecule has 3 aromatic rings. The smallest absolute Gasteiger partial charge is 0.249 e. The van der Waals surface area contributed by atoms with Crippen LogP contribution in [0, 0.1) is 0 Å². The summed E-state index contributed by atoms with van der Waals surface area (Å²) in [5, 5.41) is 5.35. The van der Waals surface area contributed by atoms with E-state index in [1.54, 1.807) is 44.6 Å². The molecule has 0 saturated carbocycles. The molecule has 7 heteroatoms. The average molecular weight is 429 g/mol. The summed E-state index contributed by atoms with van der Waals surface area (Å²) in [6, 6.07) is 19.6. The monoisotopic (exact) mass is 429 g/mol. The van der Waals surface area contributed by atoms with E-state index in [2.05, 4.69) is 15.6 Å². The molecular formula is C25H23N3O4. The normalized spacial score (nSPS) is 10.8. The highest BCUT2D eigenvalue weighted by Crippen LogP contribution is 2.14. The molecule has 2 aromatic carbocycles. The van der Waals surface area contributed by atoms with Gasteiger partial charge >= 0.3 is 0 Å². The van der Waals surface area contributed by atoms with Crippen LogP contribution in [0.15, 0.2) is 78.9 Å². The van der Waals surface area contributed by atoms with Gasteiger partial charge in [0.25, 0.3) is 0 Å². The molecule has 0 bridgehead atoms.